The third kappa shape index (κ3) is 4.05. The molecule has 0 atom stereocenters. The van der Waals surface area contributed by atoms with Gasteiger partial charge in [-0.3, -0.25) is 4.90 Å². The van der Waals surface area contributed by atoms with Crippen LogP contribution in [0.3, 0.4) is 0 Å². The van der Waals surface area contributed by atoms with E-state index in [0.717, 1.165) is 45.0 Å². The topological polar surface area (TPSA) is 58.6 Å². The Morgan fingerprint density at radius 2 is 2.04 bits per heavy atom. The van der Waals surface area contributed by atoms with Gasteiger partial charge in [0.1, 0.15) is 0 Å². The summed E-state index contributed by atoms with van der Waals surface area (Å²) in [7, 11) is 1.34. The second-order valence-electron chi connectivity index (χ2n) is 5.43. The van der Waals surface area contributed by atoms with Crippen LogP contribution in [0.2, 0.25) is 0 Å². The van der Waals surface area contributed by atoms with Crippen LogP contribution in [-0.4, -0.2) is 60.9 Å². The van der Waals surface area contributed by atoms with Crippen molar-refractivity contribution in [3.8, 4) is 0 Å². The lowest BCUT2D eigenvalue weighted by atomic mass is 10.2. The van der Waals surface area contributed by atoms with Crippen LogP contribution in [0.4, 0.5) is 5.82 Å². The van der Waals surface area contributed by atoms with Crippen LogP contribution < -0.4 is 4.90 Å². The van der Waals surface area contributed by atoms with Crippen LogP contribution in [0.5, 0.6) is 0 Å². The molecule has 2 aromatic rings. The van der Waals surface area contributed by atoms with Gasteiger partial charge in [-0.05, 0) is 30.0 Å². The van der Waals surface area contributed by atoms with Crippen LogP contribution >= 0.6 is 11.3 Å². The number of aromatic nitrogens is 2. The van der Waals surface area contributed by atoms with Gasteiger partial charge in [0.25, 0.3) is 0 Å². The fraction of sp³-hybridized carbons (Fsp3) is 0.438. The first-order chi connectivity index (χ1) is 11.3. The van der Waals surface area contributed by atoms with Gasteiger partial charge >= 0.3 is 5.97 Å². The van der Waals surface area contributed by atoms with Crippen molar-refractivity contribution in [3.05, 3.63) is 40.2 Å². The number of rotatable bonds is 5. The molecular weight excluding hydrogens is 312 g/mol. The highest BCUT2D eigenvalue weighted by Gasteiger charge is 2.19. The van der Waals surface area contributed by atoms with Gasteiger partial charge in [-0.15, -0.1) is 21.5 Å². The molecule has 1 saturated heterocycles. The van der Waals surface area contributed by atoms with Crippen LogP contribution in [-0.2, 0) is 11.2 Å². The number of nitrogens with zero attached hydrogens (tertiary/aromatic N) is 4. The van der Waals surface area contributed by atoms with Crippen molar-refractivity contribution in [3.63, 3.8) is 0 Å². The van der Waals surface area contributed by atoms with Gasteiger partial charge in [0.05, 0.1) is 7.11 Å². The second kappa shape index (κ2) is 7.52. The lowest BCUT2D eigenvalue weighted by molar-refractivity contribution is 0.0592. The molecule has 1 fully saturated rings. The van der Waals surface area contributed by atoms with E-state index in [1.807, 2.05) is 17.4 Å². The maximum absolute atomic E-state index is 11.4. The molecular formula is C16H20N4O2S. The van der Waals surface area contributed by atoms with Gasteiger partial charge in [-0.2, -0.15) is 0 Å². The Balaban J connectivity index is 1.49. The lowest BCUT2D eigenvalue weighted by Crippen LogP contribution is -2.47. The minimum atomic E-state index is -0.456. The highest BCUT2D eigenvalue weighted by molar-refractivity contribution is 7.09. The van der Waals surface area contributed by atoms with Crippen LogP contribution in [0.25, 0.3) is 0 Å². The predicted octanol–water partition coefficient (Wildman–Crippen LogP) is 1.69. The number of esters is 1. The van der Waals surface area contributed by atoms with E-state index in [2.05, 4.69) is 42.2 Å². The van der Waals surface area contributed by atoms with Crippen LogP contribution in [0.15, 0.2) is 29.6 Å². The Hall–Kier alpha value is -1.99. The van der Waals surface area contributed by atoms with E-state index in [4.69, 9.17) is 0 Å². The molecule has 0 N–H and O–H groups in total. The average molecular weight is 332 g/mol. The Kier molecular flexibility index (Phi) is 5.19. The van der Waals surface area contributed by atoms with Gasteiger partial charge in [0.2, 0.25) is 0 Å². The molecule has 0 amide bonds. The number of carbonyl (C=O) groups is 1. The first kappa shape index (κ1) is 15.9. The van der Waals surface area contributed by atoms with Crippen molar-refractivity contribution in [1.29, 1.82) is 0 Å². The Morgan fingerprint density at radius 3 is 2.65 bits per heavy atom. The third-order valence-electron chi connectivity index (χ3n) is 4.00. The van der Waals surface area contributed by atoms with E-state index < -0.39 is 5.97 Å². The molecule has 3 rings (SSSR count). The van der Waals surface area contributed by atoms with E-state index in [1.165, 1.54) is 12.0 Å². The summed E-state index contributed by atoms with van der Waals surface area (Å²) in [4.78, 5) is 17.5. The zero-order chi connectivity index (χ0) is 16.1. The molecule has 7 heteroatoms. The van der Waals surface area contributed by atoms with Gasteiger partial charge < -0.3 is 9.64 Å². The number of anilines is 1. The molecule has 6 nitrogen and oxygen atoms in total. The van der Waals surface area contributed by atoms with Crippen molar-refractivity contribution >= 4 is 23.1 Å². The molecule has 0 unspecified atom stereocenters. The molecule has 0 radical (unpaired) electrons. The smallest absolute Gasteiger partial charge is 0.358 e. The number of thiophene rings is 1. The molecule has 23 heavy (non-hydrogen) atoms. The maximum Gasteiger partial charge on any atom is 0.358 e. The molecule has 0 bridgehead atoms. The van der Waals surface area contributed by atoms with Gasteiger partial charge in [0, 0.05) is 37.6 Å². The normalized spacial score (nSPS) is 15.6. The van der Waals surface area contributed by atoms with Crippen molar-refractivity contribution in [2.24, 2.45) is 0 Å². The first-order valence-corrected chi connectivity index (χ1v) is 8.56. The number of carbonyl (C=O) groups excluding carboxylic acids is 1. The molecule has 0 spiro atoms. The summed E-state index contributed by atoms with van der Waals surface area (Å²) in [5.41, 5.74) is 0.242. The fourth-order valence-electron chi connectivity index (χ4n) is 2.63. The number of hydrogen-bond acceptors (Lipinski definition) is 7. The zero-order valence-electron chi connectivity index (χ0n) is 13.1. The summed E-state index contributed by atoms with van der Waals surface area (Å²) in [5, 5.41) is 10.2. The molecule has 3 heterocycles. The third-order valence-corrected chi connectivity index (χ3v) is 4.93. The number of hydrogen-bond donors (Lipinski definition) is 0. The van der Waals surface area contributed by atoms with Crippen molar-refractivity contribution < 1.29 is 9.53 Å². The Morgan fingerprint density at radius 1 is 1.22 bits per heavy atom. The maximum atomic E-state index is 11.4. The van der Waals surface area contributed by atoms with Crippen LogP contribution in [0.1, 0.15) is 15.4 Å². The monoisotopic (exact) mass is 332 g/mol. The van der Waals surface area contributed by atoms with E-state index >= 15 is 0 Å². The van der Waals surface area contributed by atoms with Gasteiger partial charge in [-0.25, -0.2) is 4.79 Å². The average Bonchev–Trinajstić information content (AvgIpc) is 3.13. The van der Waals surface area contributed by atoms with E-state index in [0.29, 0.717) is 0 Å². The summed E-state index contributed by atoms with van der Waals surface area (Å²) >= 11 is 1.82. The molecule has 0 aromatic carbocycles. The summed E-state index contributed by atoms with van der Waals surface area (Å²) in [6.07, 6.45) is 1.12. The predicted molar refractivity (Wildman–Crippen MR) is 90.0 cm³/mol. The van der Waals surface area contributed by atoms with Gasteiger partial charge in [-0.1, -0.05) is 6.07 Å². The zero-order valence-corrected chi connectivity index (χ0v) is 14.0. The highest BCUT2D eigenvalue weighted by atomic mass is 32.1. The van der Waals surface area contributed by atoms with E-state index in [9.17, 15) is 4.79 Å². The lowest BCUT2D eigenvalue weighted by Gasteiger charge is -2.35. The second-order valence-corrected chi connectivity index (χ2v) is 6.46. The molecule has 0 aliphatic carbocycles. The summed E-state index contributed by atoms with van der Waals surface area (Å²) in [6, 6.07) is 7.80. The highest BCUT2D eigenvalue weighted by Crippen LogP contribution is 2.14. The van der Waals surface area contributed by atoms with E-state index in [1.54, 1.807) is 6.07 Å². The summed E-state index contributed by atoms with van der Waals surface area (Å²) in [6.45, 7) is 4.99. The molecule has 1 aliphatic heterocycles. The minimum absolute atomic E-state index is 0.242. The largest absolute Gasteiger partial charge is 0.464 e. The van der Waals surface area contributed by atoms with E-state index in [-0.39, 0.29) is 5.69 Å². The number of ether oxygens (including phenoxy) is 1. The van der Waals surface area contributed by atoms with Crippen molar-refractivity contribution in [1.82, 2.24) is 15.1 Å². The summed E-state index contributed by atoms with van der Waals surface area (Å²) in [5.74, 6) is 0.359. The summed E-state index contributed by atoms with van der Waals surface area (Å²) < 4.78 is 4.63. The molecule has 1 aliphatic rings. The van der Waals surface area contributed by atoms with Gasteiger partial charge in [0.15, 0.2) is 11.5 Å². The number of methoxy groups -OCH3 is 1. The standard InChI is InChI=1S/C16H20N4O2S/c1-22-16(21)14-4-5-15(18-17-14)20-10-8-19(9-11-20)7-6-13-3-2-12-23-13/h2-5,12H,6-11H2,1H3. The van der Waals surface area contributed by atoms with Crippen LogP contribution in [0, 0.1) is 0 Å². The quantitative estimate of drug-likeness (QED) is 0.777. The molecule has 0 saturated carbocycles. The molecule has 122 valence electrons. The fourth-order valence-corrected chi connectivity index (χ4v) is 3.33. The Labute approximate surface area is 139 Å². The minimum Gasteiger partial charge on any atom is -0.464 e. The number of piperazine rings is 1. The molecule has 2 aromatic heterocycles. The van der Waals surface area contributed by atoms with Crippen molar-refractivity contribution in [2.45, 2.75) is 6.42 Å². The Bertz CT molecular complexity index is 622. The first-order valence-electron chi connectivity index (χ1n) is 7.68. The van der Waals surface area contributed by atoms with Crippen molar-refractivity contribution in [2.75, 3.05) is 44.7 Å². The SMILES string of the molecule is COC(=O)c1ccc(N2CCN(CCc3cccs3)CC2)nn1.